The zero-order chi connectivity index (χ0) is 8.84. The van der Waals surface area contributed by atoms with Crippen LogP contribution in [-0.4, -0.2) is 16.1 Å². The molecule has 13 heavy (non-hydrogen) atoms. The van der Waals surface area contributed by atoms with E-state index in [4.69, 9.17) is 0 Å². The molecule has 0 spiro atoms. The third-order valence-electron chi connectivity index (χ3n) is 1.78. The molecule has 2 aromatic heterocycles. The van der Waals surface area contributed by atoms with Gasteiger partial charge in [0.1, 0.15) is 11.2 Å². The van der Waals surface area contributed by atoms with Crippen molar-refractivity contribution in [1.29, 1.82) is 0 Å². The van der Waals surface area contributed by atoms with Crippen molar-refractivity contribution in [2.75, 3.05) is 0 Å². The molecule has 1 aliphatic rings. The number of azo groups is 1. The monoisotopic (exact) mass is 190 g/mol. The van der Waals surface area contributed by atoms with E-state index in [0.717, 1.165) is 10.2 Å². The number of carbonyl (C=O) groups is 1. The molecule has 0 N–H and O–H groups in total. The van der Waals surface area contributed by atoms with Gasteiger partial charge < -0.3 is 0 Å². The van der Waals surface area contributed by atoms with Crippen molar-refractivity contribution in [2.45, 2.75) is 0 Å². The summed E-state index contributed by atoms with van der Waals surface area (Å²) in [4.78, 5) is 11.1. The summed E-state index contributed by atoms with van der Waals surface area (Å²) >= 11 is 1.49. The van der Waals surface area contributed by atoms with Crippen molar-refractivity contribution in [3.8, 4) is 0 Å². The number of rotatable bonds is 0. The van der Waals surface area contributed by atoms with Crippen LogP contribution >= 0.6 is 11.3 Å². The highest BCUT2D eigenvalue weighted by Crippen LogP contribution is 2.35. The SMILES string of the molecule is O=C1N=Nc2c1nnc1ccsc21. The zero-order valence-electron chi connectivity index (χ0n) is 6.26. The highest BCUT2D eigenvalue weighted by atomic mass is 32.1. The van der Waals surface area contributed by atoms with Gasteiger partial charge in [-0.15, -0.1) is 31.8 Å². The van der Waals surface area contributed by atoms with Crippen LogP contribution in [0.5, 0.6) is 0 Å². The van der Waals surface area contributed by atoms with E-state index in [1.54, 1.807) is 0 Å². The van der Waals surface area contributed by atoms with E-state index in [-0.39, 0.29) is 5.69 Å². The Morgan fingerprint density at radius 1 is 1.23 bits per heavy atom. The largest absolute Gasteiger partial charge is 0.318 e. The van der Waals surface area contributed by atoms with E-state index in [0.29, 0.717) is 5.69 Å². The van der Waals surface area contributed by atoms with E-state index in [1.165, 1.54) is 11.3 Å². The van der Waals surface area contributed by atoms with Gasteiger partial charge in [0.05, 0.1) is 4.70 Å². The first-order valence-electron chi connectivity index (χ1n) is 3.56. The Hall–Kier alpha value is -1.69. The van der Waals surface area contributed by atoms with E-state index in [1.807, 2.05) is 11.4 Å². The lowest BCUT2D eigenvalue weighted by Crippen LogP contribution is -1.95. The molecular formula is C7H2N4OS. The fourth-order valence-electron chi connectivity index (χ4n) is 1.20. The molecule has 0 unspecified atom stereocenters. The molecule has 0 aromatic carbocycles. The Morgan fingerprint density at radius 2 is 2.15 bits per heavy atom. The number of carbonyl (C=O) groups excluding carboxylic acids is 1. The Bertz CT molecular complexity index is 544. The van der Waals surface area contributed by atoms with Crippen molar-refractivity contribution >= 4 is 33.1 Å². The molecule has 2 aromatic rings. The van der Waals surface area contributed by atoms with E-state index >= 15 is 0 Å². The van der Waals surface area contributed by atoms with Gasteiger partial charge in [0.2, 0.25) is 0 Å². The maximum atomic E-state index is 11.1. The summed E-state index contributed by atoms with van der Waals surface area (Å²) in [5, 5.41) is 16.7. The van der Waals surface area contributed by atoms with Crippen LogP contribution < -0.4 is 0 Å². The predicted octanol–water partition coefficient (Wildman–Crippen LogP) is 1.93. The Kier molecular flexibility index (Phi) is 1.13. The summed E-state index contributed by atoms with van der Waals surface area (Å²) in [6.07, 6.45) is 0. The molecule has 0 saturated heterocycles. The number of aromatic nitrogens is 2. The van der Waals surface area contributed by atoms with Crippen molar-refractivity contribution in [1.82, 2.24) is 10.2 Å². The Morgan fingerprint density at radius 3 is 3.08 bits per heavy atom. The first-order valence-corrected chi connectivity index (χ1v) is 4.44. The molecule has 3 heterocycles. The third kappa shape index (κ3) is 0.775. The summed E-state index contributed by atoms with van der Waals surface area (Å²) in [6.45, 7) is 0. The molecule has 1 aliphatic heterocycles. The highest BCUT2D eigenvalue weighted by molar-refractivity contribution is 7.17. The van der Waals surface area contributed by atoms with Crippen LogP contribution in [0.1, 0.15) is 10.5 Å². The van der Waals surface area contributed by atoms with Crippen molar-refractivity contribution in [3.05, 3.63) is 17.1 Å². The topological polar surface area (TPSA) is 67.6 Å². The third-order valence-corrected chi connectivity index (χ3v) is 2.70. The molecule has 5 nitrogen and oxygen atoms in total. The lowest BCUT2D eigenvalue weighted by atomic mass is 10.3. The quantitative estimate of drug-likeness (QED) is 0.637. The van der Waals surface area contributed by atoms with E-state index in [2.05, 4.69) is 20.4 Å². The molecule has 1 amide bonds. The second kappa shape index (κ2) is 2.17. The standard InChI is InChI=1S/C7H2N4OS/c12-7-5-4(9-11-7)6-3(8-10-5)1-2-13-6/h1-2H. The summed E-state index contributed by atoms with van der Waals surface area (Å²) in [5.41, 5.74) is 1.58. The summed E-state index contributed by atoms with van der Waals surface area (Å²) in [5.74, 6) is -0.405. The fourth-order valence-corrected chi connectivity index (χ4v) is 2.01. The van der Waals surface area contributed by atoms with Crippen LogP contribution in [0.2, 0.25) is 0 Å². The minimum Gasteiger partial charge on any atom is -0.263 e. The Labute approximate surface area is 76.1 Å². The van der Waals surface area contributed by atoms with E-state index < -0.39 is 5.91 Å². The van der Waals surface area contributed by atoms with Gasteiger partial charge in [0.25, 0.3) is 0 Å². The van der Waals surface area contributed by atoms with Crippen molar-refractivity contribution in [3.63, 3.8) is 0 Å². The normalized spacial score (nSPS) is 14.0. The second-order valence-corrected chi connectivity index (χ2v) is 3.45. The van der Waals surface area contributed by atoms with Gasteiger partial charge >= 0.3 is 5.91 Å². The van der Waals surface area contributed by atoms with Gasteiger partial charge in [0.15, 0.2) is 5.69 Å². The second-order valence-electron chi connectivity index (χ2n) is 2.54. The van der Waals surface area contributed by atoms with Crippen LogP contribution in [0.3, 0.4) is 0 Å². The molecule has 6 heteroatoms. The van der Waals surface area contributed by atoms with Crippen LogP contribution in [0.4, 0.5) is 5.69 Å². The van der Waals surface area contributed by atoms with Gasteiger partial charge in [0, 0.05) is 0 Å². The maximum absolute atomic E-state index is 11.1. The summed E-state index contributed by atoms with van der Waals surface area (Å²) in [6, 6.07) is 1.84. The number of amides is 1. The van der Waals surface area contributed by atoms with Crippen LogP contribution in [0, 0.1) is 0 Å². The molecule has 0 aliphatic carbocycles. The molecule has 62 valence electrons. The minimum absolute atomic E-state index is 0.259. The van der Waals surface area contributed by atoms with E-state index in [9.17, 15) is 4.79 Å². The maximum Gasteiger partial charge on any atom is 0.318 e. The average Bonchev–Trinajstić information content (AvgIpc) is 2.70. The van der Waals surface area contributed by atoms with Crippen LogP contribution in [0.25, 0.3) is 10.2 Å². The number of hydrogen-bond acceptors (Lipinski definition) is 5. The lowest BCUT2D eigenvalue weighted by Gasteiger charge is -1.91. The zero-order valence-corrected chi connectivity index (χ0v) is 7.08. The van der Waals surface area contributed by atoms with Gasteiger partial charge in [-0.3, -0.25) is 4.79 Å². The highest BCUT2D eigenvalue weighted by Gasteiger charge is 2.22. The average molecular weight is 190 g/mol. The number of hydrogen-bond donors (Lipinski definition) is 0. The molecule has 0 atom stereocenters. The van der Waals surface area contributed by atoms with Gasteiger partial charge in [-0.25, -0.2) is 0 Å². The van der Waals surface area contributed by atoms with Gasteiger partial charge in [-0.2, -0.15) is 0 Å². The molecule has 0 bridgehead atoms. The number of fused-ring (bicyclic) bond motifs is 3. The molecule has 0 saturated carbocycles. The molecular weight excluding hydrogens is 188 g/mol. The predicted molar refractivity (Wildman–Crippen MR) is 46.3 cm³/mol. The smallest absolute Gasteiger partial charge is 0.263 e. The summed E-state index contributed by atoms with van der Waals surface area (Å²) in [7, 11) is 0. The van der Waals surface area contributed by atoms with Crippen molar-refractivity contribution in [2.24, 2.45) is 10.2 Å². The van der Waals surface area contributed by atoms with Gasteiger partial charge in [-0.05, 0) is 11.4 Å². The summed E-state index contributed by atoms with van der Waals surface area (Å²) < 4.78 is 0.875. The first-order chi connectivity index (χ1) is 6.36. The number of nitrogens with zero attached hydrogens (tertiary/aromatic N) is 4. The molecule has 3 rings (SSSR count). The van der Waals surface area contributed by atoms with Crippen LogP contribution in [-0.2, 0) is 0 Å². The van der Waals surface area contributed by atoms with Crippen molar-refractivity contribution < 1.29 is 4.79 Å². The lowest BCUT2D eigenvalue weighted by molar-refractivity contribution is 0.0997. The molecule has 0 radical (unpaired) electrons. The fraction of sp³-hybridized carbons (Fsp3) is 0. The molecule has 0 fully saturated rings. The Balaban J connectivity index is 2.52. The van der Waals surface area contributed by atoms with Crippen LogP contribution in [0.15, 0.2) is 21.7 Å². The first kappa shape index (κ1) is 6.79. The minimum atomic E-state index is -0.405. The number of thiophene rings is 1. The van der Waals surface area contributed by atoms with Gasteiger partial charge in [-0.1, -0.05) is 0 Å².